The van der Waals surface area contributed by atoms with Gasteiger partial charge in [-0.1, -0.05) is 54.2 Å². The van der Waals surface area contributed by atoms with E-state index in [2.05, 4.69) is 46.3 Å². The Labute approximate surface area is 157 Å². The van der Waals surface area contributed by atoms with Gasteiger partial charge in [0.2, 0.25) is 0 Å². The molecule has 2 aromatic carbocycles. The van der Waals surface area contributed by atoms with Gasteiger partial charge in [-0.15, -0.1) is 0 Å². The molecule has 2 aromatic rings. The second-order valence-electron chi connectivity index (χ2n) is 6.54. The molecule has 0 spiro atoms. The summed E-state index contributed by atoms with van der Waals surface area (Å²) in [6.45, 7) is 0. The summed E-state index contributed by atoms with van der Waals surface area (Å²) < 4.78 is 0. The van der Waals surface area contributed by atoms with E-state index in [1.165, 1.54) is 17.3 Å². The Bertz CT molecular complexity index is 874. The largest absolute Gasteiger partial charge is 0.378 e. The molecule has 132 valence electrons. The molecule has 5 nitrogen and oxygen atoms in total. The number of amides is 1. The Morgan fingerprint density at radius 2 is 1.81 bits per heavy atom. The van der Waals surface area contributed by atoms with Crippen LogP contribution in [0.3, 0.4) is 0 Å². The van der Waals surface area contributed by atoms with Gasteiger partial charge in [-0.05, 0) is 23.3 Å². The Hall–Kier alpha value is -2.60. The second-order valence-corrected chi connectivity index (χ2v) is 7.48. The van der Waals surface area contributed by atoms with Crippen molar-refractivity contribution in [3.05, 3.63) is 65.7 Å². The highest BCUT2D eigenvalue weighted by Crippen LogP contribution is 2.36. The molecule has 6 heteroatoms. The molecule has 0 bridgehead atoms. The smallest absolute Gasteiger partial charge is 0.258 e. The minimum absolute atomic E-state index is 0.0542. The van der Waals surface area contributed by atoms with E-state index in [4.69, 9.17) is 5.10 Å². The number of nitrogens with zero attached hydrogens (tertiary/aromatic N) is 4. The van der Waals surface area contributed by atoms with E-state index in [-0.39, 0.29) is 11.9 Å². The molecule has 4 rings (SSSR count). The lowest BCUT2D eigenvalue weighted by Gasteiger charge is -2.23. The number of hydrazone groups is 1. The van der Waals surface area contributed by atoms with E-state index < -0.39 is 0 Å². The van der Waals surface area contributed by atoms with Gasteiger partial charge in [-0.25, -0.2) is 5.01 Å². The van der Waals surface area contributed by atoms with Gasteiger partial charge >= 0.3 is 0 Å². The Kier molecular flexibility index (Phi) is 4.51. The number of rotatable bonds is 3. The Morgan fingerprint density at radius 1 is 1.08 bits per heavy atom. The van der Waals surface area contributed by atoms with Crippen LogP contribution < -0.4 is 4.90 Å². The number of benzene rings is 2. The summed E-state index contributed by atoms with van der Waals surface area (Å²) in [6, 6.07) is 18.7. The van der Waals surface area contributed by atoms with Crippen LogP contribution in [0.5, 0.6) is 0 Å². The maximum atomic E-state index is 11.6. The zero-order valence-electron chi connectivity index (χ0n) is 14.8. The lowest BCUT2D eigenvalue weighted by atomic mass is 9.98. The SMILES string of the molecule is CN(C)c1ccc(C2CC(c3ccccc3)=NN2C2=NC(=O)CS2)cc1. The van der Waals surface area contributed by atoms with Crippen molar-refractivity contribution < 1.29 is 4.79 Å². The van der Waals surface area contributed by atoms with Crippen molar-refractivity contribution in [2.75, 3.05) is 24.7 Å². The lowest BCUT2D eigenvalue weighted by molar-refractivity contribution is -0.115. The summed E-state index contributed by atoms with van der Waals surface area (Å²) in [4.78, 5) is 17.9. The summed E-state index contributed by atoms with van der Waals surface area (Å²) in [6.07, 6.45) is 0.791. The minimum atomic E-state index is -0.0879. The quantitative estimate of drug-likeness (QED) is 0.836. The van der Waals surface area contributed by atoms with Crippen molar-refractivity contribution in [1.29, 1.82) is 0 Å². The van der Waals surface area contributed by atoms with Crippen molar-refractivity contribution in [3.63, 3.8) is 0 Å². The monoisotopic (exact) mass is 364 g/mol. The van der Waals surface area contributed by atoms with Gasteiger partial charge in [0.25, 0.3) is 5.91 Å². The lowest BCUT2D eigenvalue weighted by Crippen LogP contribution is -2.23. The average Bonchev–Trinajstić information content (AvgIpc) is 3.29. The number of amidine groups is 1. The van der Waals surface area contributed by atoms with Gasteiger partial charge < -0.3 is 4.90 Å². The van der Waals surface area contributed by atoms with E-state index in [9.17, 15) is 4.79 Å². The van der Waals surface area contributed by atoms with Crippen molar-refractivity contribution >= 4 is 34.2 Å². The number of anilines is 1. The van der Waals surface area contributed by atoms with Crippen LogP contribution in [-0.4, -0.2) is 41.6 Å². The molecular formula is C20H20N4OS. The molecule has 1 atom stereocenters. The Balaban J connectivity index is 1.68. The standard InChI is InChI=1S/C20H20N4OS/c1-23(2)16-10-8-15(9-11-16)18-12-17(14-6-4-3-5-7-14)22-24(18)20-21-19(25)13-26-20/h3-11,18H,12-13H2,1-2H3. The predicted octanol–water partition coefficient (Wildman–Crippen LogP) is 3.53. The van der Waals surface area contributed by atoms with Crippen LogP contribution in [0.15, 0.2) is 64.7 Å². The van der Waals surface area contributed by atoms with E-state index in [0.717, 1.165) is 23.4 Å². The van der Waals surface area contributed by atoms with Crippen LogP contribution >= 0.6 is 11.8 Å². The first-order valence-corrected chi connectivity index (χ1v) is 9.54. The van der Waals surface area contributed by atoms with Gasteiger partial charge in [-0.2, -0.15) is 10.1 Å². The van der Waals surface area contributed by atoms with Crippen molar-refractivity contribution in [2.45, 2.75) is 12.5 Å². The third-order valence-corrected chi connectivity index (χ3v) is 5.48. The van der Waals surface area contributed by atoms with E-state index in [0.29, 0.717) is 10.9 Å². The van der Waals surface area contributed by atoms with Gasteiger partial charge in [0.1, 0.15) is 0 Å². The molecule has 0 radical (unpaired) electrons. The summed E-state index contributed by atoms with van der Waals surface area (Å²) in [5.41, 5.74) is 4.47. The zero-order valence-corrected chi connectivity index (χ0v) is 15.6. The maximum absolute atomic E-state index is 11.6. The van der Waals surface area contributed by atoms with Crippen molar-refractivity contribution in [2.24, 2.45) is 10.1 Å². The van der Waals surface area contributed by atoms with E-state index in [1.807, 2.05) is 37.3 Å². The van der Waals surface area contributed by atoms with Crippen LogP contribution in [0.25, 0.3) is 0 Å². The summed E-state index contributed by atoms with van der Waals surface area (Å²) in [7, 11) is 4.06. The predicted molar refractivity (Wildman–Crippen MR) is 108 cm³/mol. The third kappa shape index (κ3) is 3.24. The molecule has 2 aliphatic heterocycles. The van der Waals surface area contributed by atoms with Gasteiger partial charge in [0.05, 0.1) is 17.5 Å². The number of thioether (sulfide) groups is 1. The summed E-state index contributed by atoms with van der Waals surface area (Å²) >= 11 is 1.46. The normalized spacial score (nSPS) is 19.5. The zero-order chi connectivity index (χ0) is 18.1. The molecule has 0 aliphatic carbocycles. The highest BCUT2D eigenvalue weighted by Gasteiger charge is 2.34. The molecule has 0 saturated carbocycles. The number of carbonyl (C=O) groups is 1. The van der Waals surface area contributed by atoms with E-state index in [1.54, 1.807) is 0 Å². The topological polar surface area (TPSA) is 48.3 Å². The number of hydrogen-bond donors (Lipinski definition) is 0. The minimum Gasteiger partial charge on any atom is -0.378 e. The summed E-state index contributed by atoms with van der Waals surface area (Å²) in [5.74, 6) is 0.309. The molecule has 0 fully saturated rings. The first kappa shape index (κ1) is 16.8. The molecule has 1 amide bonds. The van der Waals surface area contributed by atoms with Gasteiger partial charge in [0.15, 0.2) is 5.17 Å². The fraction of sp³-hybridized carbons (Fsp3) is 0.250. The van der Waals surface area contributed by atoms with Crippen LogP contribution in [-0.2, 0) is 4.79 Å². The Morgan fingerprint density at radius 3 is 2.42 bits per heavy atom. The molecule has 2 heterocycles. The van der Waals surface area contributed by atoms with Crippen LogP contribution in [0.4, 0.5) is 5.69 Å². The fourth-order valence-corrected chi connectivity index (χ4v) is 3.94. The molecule has 2 aliphatic rings. The molecular weight excluding hydrogens is 344 g/mol. The van der Waals surface area contributed by atoms with E-state index >= 15 is 0 Å². The number of carbonyl (C=O) groups excluding carboxylic acids is 1. The highest BCUT2D eigenvalue weighted by molar-refractivity contribution is 8.14. The van der Waals surface area contributed by atoms with Gasteiger partial charge in [0, 0.05) is 26.2 Å². The third-order valence-electron chi connectivity index (χ3n) is 4.55. The molecule has 1 unspecified atom stereocenters. The molecule has 0 N–H and O–H groups in total. The highest BCUT2D eigenvalue weighted by atomic mass is 32.2. The maximum Gasteiger partial charge on any atom is 0.258 e. The van der Waals surface area contributed by atoms with Crippen LogP contribution in [0.2, 0.25) is 0 Å². The first-order valence-electron chi connectivity index (χ1n) is 8.55. The van der Waals surface area contributed by atoms with Gasteiger partial charge in [-0.3, -0.25) is 4.79 Å². The summed E-state index contributed by atoms with van der Waals surface area (Å²) in [5, 5.41) is 7.44. The van der Waals surface area contributed by atoms with Crippen molar-refractivity contribution in [3.8, 4) is 0 Å². The average molecular weight is 364 g/mol. The van der Waals surface area contributed by atoms with Crippen LogP contribution in [0.1, 0.15) is 23.6 Å². The number of hydrogen-bond acceptors (Lipinski definition) is 5. The van der Waals surface area contributed by atoms with Crippen LogP contribution in [0, 0.1) is 0 Å². The molecule has 0 saturated heterocycles. The fourth-order valence-electron chi connectivity index (χ4n) is 3.16. The second kappa shape index (κ2) is 6.96. The molecule has 0 aromatic heterocycles. The number of aliphatic imine (C=N–C) groups is 1. The van der Waals surface area contributed by atoms with Crippen molar-refractivity contribution in [1.82, 2.24) is 5.01 Å². The first-order chi connectivity index (χ1) is 12.6. The molecule has 26 heavy (non-hydrogen) atoms.